The molecule has 1 aromatic rings. The van der Waals surface area contributed by atoms with Crippen LogP contribution in [-0.2, 0) is 0 Å². The van der Waals surface area contributed by atoms with E-state index >= 15 is 0 Å². The molecule has 1 amide bonds. The van der Waals surface area contributed by atoms with E-state index in [9.17, 15) is 9.59 Å². The van der Waals surface area contributed by atoms with Crippen LogP contribution in [0, 0.1) is 0 Å². The van der Waals surface area contributed by atoms with Crippen molar-refractivity contribution >= 4 is 6.03 Å². The number of aromatic nitrogens is 3. The predicted molar refractivity (Wildman–Crippen MR) is 27.8 cm³/mol. The number of aromatic amines is 1. The number of nitrogens with zero attached hydrogens (tertiary/aromatic N) is 2. The summed E-state index contributed by atoms with van der Waals surface area (Å²) in [5.74, 6) is 0. The van der Waals surface area contributed by atoms with Gasteiger partial charge in [0.15, 0.2) is 0 Å². The monoisotopic (exact) mass is 128 g/mol. The van der Waals surface area contributed by atoms with Crippen molar-refractivity contribution in [3.8, 4) is 0 Å². The number of hydrogen-bond acceptors (Lipinski definition) is 3. The van der Waals surface area contributed by atoms with Gasteiger partial charge in [0, 0.05) is 0 Å². The van der Waals surface area contributed by atoms with E-state index < -0.39 is 11.7 Å². The molecule has 0 spiro atoms. The maximum Gasteiger partial charge on any atom is 0.351 e. The molecular formula is C3H4N4O2. The van der Waals surface area contributed by atoms with Crippen molar-refractivity contribution in [3.63, 3.8) is 0 Å². The number of hydrogen-bond donors (Lipinski definition) is 2. The number of carbonyl (C=O) groups excluding carboxylic acids is 1. The zero-order valence-electron chi connectivity index (χ0n) is 4.37. The van der Waals surface area contributed by atoms with Crippen LogP contribution in [0.15, 0.2) is 11.1 Å². The Balaban J connectivity index is 3.24. The van der Waals surface area contributed by atoms with Gasteiger partial charge in [0.05, 0.1) is 0 Å². The predicted octanol–water partition coefficient (Wildman–Crippen LogP) is -1.50. The molecule has 0 aliphatic rings. The van der Waals surface area contributed by atoms with Gasteiger partial charge in [0.2, 0.25) is 0 Å². The zero-order valence-corrected chi connectivity index (χ0v) is 4.37. The van der Waals surface area contributed by atoms with Crippen LogP contribution in [0.1, 0.15) is 0 Å². The summed E-state index contributed by atoms with van der Waals surface area (Å²) in [5, 5.41) is 5.27. The number of rotatable bonds is 0. The van der Waals surface area contributed by atoms with Crippen molar-refractivity contribution in [2.75, 3.05) is 0 Å². The van der Waals surface area contributed by atoms with Crippen molar-refractivity contribution in [1.29, 1.82) is 0 Å². The minimum Gasteiger partial charge on any atom is -0.351 e. The second-order valence-corrected chi connectivity index (χ2v) is 1.37. The van der Waals surface area contributed by atoms with Gasteiger partial charge in [-0.1, -0.05) is 0 Å². The molecule has 0 aliphatic carbocycles. The van der Waals surface area contributed by atoms with Crippen molar-refractivity contribution in [1.82, 2.24) is 14.8 Å². The first-order valence-electron chi connectivity index (χ1n) is 2.13. The second-order valence-electron chi connectivity index (χ2n) is 1.37. The Bertz CT molecular complexity index is 271. The molecule has 6 heteroatoms. The van der Waals surface area contributed by atoms with Crippen LogP contribution in [0.5, 0.6) is 0 Å². The Kier molecular flexibility index (Phi) is 1.07. The molecule has 0 saturated carbocycles. The molecule has 0 fully saturated rings. The van der Waals surface area contributed by atoms with Crippen LogP contribution in [0.3, 0.4) is 0 Å². The summed E-state index contributed by atoms with van der Waals surface area (Å²) in [6.07, 6.45) is 1.02. The molecule has 1 heterocycles. The van der Waals surface area contributed by atoms with Gasteiger partial charge >= 0.3 is 11.7 Å². The molecule has 3 N–H and O–H groups in total. The number of nitrogens with one attached hydrogen (secondary N) is 1. The van der Waals surface area contributed by atoms with Gasteiger partial charge < -0.3 is 5.73 Å². The number of amides is 1. The fourth-order valence-electron chi connectivity index (χ4n) is 0.405. The molecule has 1 rings (SSSR count). The van der Waals surface area contributed by atoms with Gasteiger partial charge in [-0.05, 0) is 0 Å². The van der Waals surface area contributed by atoms with Gasteiger partial charge in [0.25, 0.3) is 0 Å². The minimum absolute atomic E-state index is 0.623. The molecule has 0 aromatic carbocycles. The number of carbonyl (C=O) groups is 1. The summed E-state index contributed by atoms with van der Waals surface area (Å²) < 4.78 is 0.667. The van der Waals surface area contributed by atoms with Gasteiger partial charge in [0.1, 0.15) is 6.33 Å². The lowest BCUT2D eigenvalue weighted by atomic mass is 10.9. The fourth-order valence-corrected chi connectivity index (χ4v) is 0.405. The van der Waals surface area contributed by atoms with E-state index in [1.54, 1.807) is 0 Å². The Morgan fingerprint density at radius 3 is 2.78 bits per heavy atom. The smallest absolute Gasteiger partial charge is 0.351 e. The summed E-state index contributed by atoms with van der Waals surface area (Å²) in [7, 11) is 0. The molecule has 0 atom stereocenters. The van der Waals surface area contributed by atoms with Crippen LogP contribution < -0.4 is 11.4 Å². The third-order valence-corrected chi connectivity index (χ3v) is 0.790. The average molecular weight is 128 g/mol. The second kappa shape index (κ2) is 1.73. The first kappa shape index (κ1) is 5.54. The van der Waals surface area contributed by atoms with E-state index in [-0.39, 0.29) is 0 Å². The summed E-state index contributed by atoms with van der Waals surface area (Å²) in [6, 6.07) is -0.839. The maximum atomic E-state index is 10.4. The topological polar surface area (TPSA) is 93.8 Å². The summed E-state index contributed by atoms with van der Waals surface area (Å²) >= 11 is 0. The van der Waals surface area contributed by atoms with E-state index in [0.717, 1.165) is 6.33 Å². The Labute approximate surface area is 49.3 Å². The highest BCUT2D eigenvalue weighted by atomic mass is 16.2. The molecule has 0 aliphatic heterocycles. The highest BCUT2D eigenvalue weighted by Crippen LogP contribution is 1.67. The summed E-state index contributed by atoms with van der Waals surface area (Å²) in [5.41, 5.74) is 4.10. The van der Waals surface area contributed by atoms with Crippen molar-refractivity contribution in [2.24, 2.45) is 5.73 Å². The van der Waals surface area contributed by atoms with Crippen molar-refractivity contribution < 1.29 is 4.79 Å². The van der Waals surface area contributed by atoms with Crippen LogP contribution in [-0.4, -0.2) is 20.8 Å². The standard InChI is InChI=1S/C3H4N4O2/c4-2(8)7-1-5-6-3(7)9/h1H,(H2,4,8)(H,6,9). The van der Waals surface area contributed by atoms with Crippen molar-refractivity contribution in [3.05, 3.63) is 16.8 Å². The fraction of sp³-hybridized carbons (Fsp3) is 0. The SMILES string of the molecule is NC(=O)n1cn[nH]c1=O. The van der Waals surface area contributed by atoms with Gasteiger partial charge in [-0.15, -0.1) is 0 Å². The molecule has 48 valence electrons. The van der Waals surface area contributed by atoms with Crippen LogP contribution >= 0.6 is 0 Å². The van der Waals surface area contributed by atoms with E-state index in [2.05, 4.69) is 5.10 Å². The molecule has 1 aromatic heterocycles. The van der Waals surface area contributed by atoms with Gasteiger partial charge in [-0.25, -0.2) is 19.3 Å². The van der Waals surface area contributed by atoms with E-state index in [1.807, 2.05) is 5.10 Å². The Morgan fingerprint density at radius 2 is 2.56 bits per heavy atom. The van der Waals surface area contributed by atoms with E-state index in [0.29, 0.717) is 4.57 Å². The lowest BCUT2D eigenvalue weighted by Gasteiger charge is -1.84. The number of nitrogens with two attached hydrogens (primary N) is 1. The first-order chi connectivity index (χ1) is 4.22. The molecule has 0 saturated heterocycles. The lowest BCUT2D eigenvalue weighted by Crippen LogP contribution is -2.28. The van der Waals surface area contributed by atoms with E-state index in [1.165, 1.54) is 0 Å². The maximum absolute atomic E-state index is 10.4. The average Bonchev–Trinajstić information content (AvgIpc) is 2.13. The van der Waals surface area contributed by atoms with Gasteiger partial charge in [-0.2, -0.15) is 5.10 Å². The highest BCUT2D eigenvalue weighted by molar-refractivity contribution is 5.73. The molecule has 0 radical (unpaired) electrons. The van der Waals surface area contributed by atoms with E-state index in [4.69, 9.17) is 5.73 Å². The Morgan fingerprint density at radius 1 is 1.89 bits per heavy atom. The zero-order chi connectivity index (χ0) is 6.85. The third kappa shape index (κ3) is 0.809. The molecular weight excluding hydrogens is 124 g/mol. The van der Waals surface area contributed by atoms with Crippen LogP contribution in [0.2, 0.25) is 0 Å². The largest absolute Gasteiger partial charge is 0.351 e. The molecule has 0 bridgehead atoms. The Hall–Kier alpha value is -1.59. The highest BCUT2D eigenvalue weighted by Gasteiger charge is 1.99. The molecule has 6 nitrogen and oxygen atoms in total. The molecule has 0 unspecified atom stereocenters. The lowest BCUT2D eigenvalue weighted by molar-refractivity contribution is 0.249. The third-order valence-electron chi connectivity index (χ3n) is 0.790. The molecule has 9 heavy (non-hydrogen) atoms. The quantitative estimate of drug-likeness (QED) is 0.445. The normalized spacial score (nSPS) is 9.33. The van der Waals surface area contributed by atoms with Crippen LogP contribution in [0.25, 0.3) is 0 Å². The van der Waals surface area contributed by atoms with Crippen molar-refractivity contribution in [2.45, 2.75) is 0 Å². The van der Waals surface area contributed by atoms with Gasteiger partial charge in [-0.3, -0.25) is 0 Å². The minimum atomic E-state index is -0.839. The summed E-state index contributed by atoms with van der Waals surface area (Å²) in [6.45, 7) is 0. The number of primary amides is 1. The summed E-state index contributed by atoms with van der Waals surface area (Å²) in [4.78, 5) is 20.6. The number of H-pyrrole nitrogens is 1. The first-order valence-corrected chi connectivity index (χ1v) is 2.13. The van der Waals surface area contributed by atoms with Crippen LogP contribution in [0.4, 0.5) is 4.79 Å².